The molecule has 30 heavy (non-hydrogen) atoms. The van der Waals surface area contributed by atoms with E-state index in [4.69, 9.17) is 39.2 Å². The summed E-state index contributed by atoms with van der Waals surface area (Å²) in [7, 11) is 0. The summed E-state index contributed by atoms with van der Waals surface area (Å²) in [6.07, 6.45) is 2.78. The van der Waals surface area contributed by atoms with Crippen LogP contribution in [0.15, 0.2) is 46.1 Å². The Balaban J connectivity index is 1.63. The fourth-order valence-electron chi connectivity index (χ4n) is 2.52. The van der Waals surface area contributed by atoms with Crippen LogP contribution < -0.4 is 10.7 Å². The molecular weight excluding hydrogens is 453 g/mol. The first-order valence-corrected chi connectivity index (χ1v) is 9.79. The van der Waals surface area contributed by atoms with Crippen LogP contribution in [0.5, 0.6) is 0 Å². The molecule has 0 aliphatic rings. The second-order valence-corrected chi connectivity index (χ2v) is 7.28. The average molecular weight is 469 g/mol. The highest BCUT2D eigenvalue weighted by molar-refractivity contribution is 6.36. The number of benzene rings is 1. The number of amides is 2. The van der Waals surface area contributed by atoms with E-state index < -0.39 is 11.8 Å². The van der Waals surface area contributed by atoms with Crippen LogP contribution in [0, 0.1) is 6.92 Å². The molecule has 0 saturated carbocycles. The van der Waals surface area contributed by atoms with Crippen molar-refractivity contribution < 1.29 is 14.0 Å². The van der Waals surface area contributed by atoms with E-state index in [1.807, 2.05) is 0 Å². The van der Waals surface area contributed by atoms with E-state index in [-0.39, 0.29) is 18.2 Å². The molecule has 2 N–H and O–H groups in total. The molecule has 3 aromatic rings. The number of furan rings is 1. The number of nitrogens with zero attached hydrogens (tertiary/aromatic N) is 3. The third kappa shape index (κ3) is 5.21. The van der Waals surface area contributed by atoms with Gasteiger partial charge in [-0.05, 0) is 31.2 Å². The summed E-state index contributed by atoms with van der Waals surface area (Å²) >= 11 is 18.8. The first-order valence-electron chi connectivity index (χ1n) is 8.66. The van der Waals surface area contributed by atoms with Crippen molar-refractivity contribution in [1.82, 2.24) is 20.5 Å². The van der Waals surface area contributed by atoms with E-state index in [1.165, 1.54) is 17.2 Å². The third-order valence-electron chi connectivity index (χ3n) is 4.05. The largest absolute Gasteiger partial charge is 0.467 e. The zero-order valence-electron chi connectivity index (χ0n) is 15.7. The lowest BCUT2D eigenvalue weighted by atomic mass is 10.2. The predicted octanol–water partition coefficient (Wildman–Crippen LogP) is 3.56. The Kier molecular flexibility index (Phi) is 7.15. The van der Waals surface area contributed by atoms with Crippen LogP contribution in [0.4, 0.5) is 0 Å². The van der Waals surface area contributed by atoms with Gasteiger partial charge in [0.25, 0.3) is 0 Å². The van der Waals surface area contributed by atoms with Crippen molar-refractivity contribution >= 4 is 52.8 Å². The SMILES string of the molecule is Cc1nn(Cc2c(Cl)cccc2Cl)c(Cl)c1/C=N/NC(=O)C(=O)NCc1ccco1. The molecule has 0 saturated heterocycles. The number of hydrazone groups is 1. The second kappa shape index (κ2) is 9.80. The van der Waals surface area contributed by atoms with Gasteiger partial charge in [0.15, 0.2) is 0 Å². The van der Waals surface area contributed by atoms with Gasteiger partial charge in [-0.1, -0.05) is 40.9 Å². The van der Waals surface area contributed by atoms with Crippen molar-refractivity contribution in [2.75, 3.05) is 0 Å². The van der Waals surface area contributed by atoms with Gasteiger partial charge in [-0.3, -0.25) is 9.59 Å². The molecule has 2 heterocycles. The molecule has 1 aromatic carbocycles. The maximum Gasteiger partial charge on any atom is 0.329 e. The number of aryl methyl sites for hydroxylation is 1. The highest BCUT2D eigenvalue weighted by Crippen LogP contribution is 2.27. The summed E-state index contributed by atoms with van der Waals surface area (Å²) in [5.41, 5.74) is 3.87. The lowest BCUT2D eigenvalue weighted by Crippen LogP contribution is -2.37. The summed E-state index contributed by atoms with van der Waals surface area (Å²) in [5.74, 6) is -1.26. The van der Waals surface area contributed by atoms with Crippen molar-refractivity contribution in [2.24, 2.45) is 5.10 Å². The predicted molar refractivity (Wildman–Crippen MR) is 114 cm³/mol. The van der Waals surface area contributed by atoms with Gasteiger partial charge in [-0.25, -0.2) is 10.1 Å². The van der Waals surface area contributed by atoms with Crippen LogP contribution in [0.25, 0.3) is 0 Å². The first kappa shape index (κ1) is 21.9. The molecule has 0 radical (unpaired) electrons. The van der Waals surface area contributed by atoms with Gasteiger partial charge in [-0.15, -0.1) is 0 Å². The number of aromatic nitrogens is 2. The molecule has 2 aromatic heterocycles. The lowest BCUT2D eigenvalue weighted by molar-refractivity contribution is -0.139. The zero-order valence-corrected chi connectivity index (χ0v) is 17.9. The van der Waals surface area contributed by atoms with Crippen molar-refractivity contribution in [2.45, 2.75) is 20.0 Å². The highest BCUT2D eigenvalue weighted by Gasteiger charge is 2.16. The van der Waals surface area contributed by atoms with Gasteiger partial charge in [0.05, 0.1) is 36.8 Å². The zero-order chi connectivity index (χ0) is 21.7. The van der Waals surface area contributed by atoms with E-state index in [0.29, 0.717) is 32.6 Å². The standard InChI is InChI=1S/C19H16Cl3N5O3/c1-11-13(9-24-25-19(29)18(28)23-8-12-4-3-7-30-12)17(22)27(26-11)10-14-15(20)5-2-6-16(14)21/h2-7,9H,8,10H2,1H3,(H,23,28)(H,25,29)/b24-9+. The molecule has 0 spiro atoms. The molecule has 156 valence electrons. The van der Waals surface area contributed by atoms with Gasteiger partial charge in [0, 0.05) is 15.6 Å². The topological polar surface area (TPSA) is 102 Å². The van der Waals surface area contributed by atoms with Gasteiger partial charge in [-0.2, -0.15) is 10.2 Å². The van der Waals surface area contributed by atoms with Crippen molar-refractivity contribution in [1.29, 1.82) is 0 Å². The van der Waals surface area contributed by atoms with Crippen LogP contribution in [0.2, 0.25) is 15.2 Å². The fourth-order valence-corrected chi connectivity index (χ4v) is 3.32. The Morgan fingerprint density at radius 2 is 1.90 bits per heavy atom. The minimum absolute atomic E-state index is 0.0886. The highest BCUT2D eigenvalue weighted by atomic mass is 35.5. The van der Waals surface area contributed by atoms with Crippen LogP contribution in [-0.4, -0.2) is 27.8 Å². The third-order valence-corrected chi connectivity index (χ3v) is 5.16. The number of rotatable bonds is 6. The molecule has 2 amide bonds. The van der Waals surface area contributed by atoms with E-state index >= 15 is 0 Å². The number of nitrogens with one attached hydrogen (secondary N) is 2. The number of hydrogen-bond acceptors (Lipinski definition) is 5. The molecule has 11 heteroatoms. The molecule has 3 rings (SSSR count). The normalized spacial score (nSPS) is 11.1. The molecule has 0 aliphatic carbocycles. The molecule has 8 nitrogen and oxygen atoms in total. The maximum atomic E-state index is 11.8. The molecular formula is C19H16Cl3N5O3. The fraction of sp³-hybridized carbons (Fsp3) is 0.158. The Morgan fingerprint density at radius 3 is 2.57 bits per heavy atom. The molecule has 0 unspecified atom stereocenters. The van der Waals surface area contributed by atoms with E-state index in [0.717, 1.165) is 0 Å². The van der Waals surface area contributed by atoms with E-state index in [2.05, 4.69) is 20.9 Å². The summed E-state index contributed by atoms with van der Waals surface area (Å²) in [6, 6.07) is 8.55. The maximum absolute atomic E-state index is 11.8. The quantitative estimate of drug-likeness (QED) is 0.328. The van der Waals surface area contributed by atoms with Crippen LogP contribution in [-0.2, 0) is 22.7 Å². The summed E-state index contributed by atoms with van der Waals surface area (Å²) in [4.78, 5) is 23.6. The number of hydrogen-bond donors (Lipinski definition) is 2. The Hall–Kier alpha value is -2.81. The summed E-state index contributed by atoms with van der Waals surface area (Å²) < 4.78 is 6.59. The molecule has 0 fully saturated rings. The summed E-state index contributed by atoms with van der Waals surface area (Å²) in [5, 5.41) is 11.8. The first-order chi connectivity index (χ1) is 14.4. The van der Waals surface area contributed by atoms with Crippen molar-refractivity contribution in [3.63, 3.8) is 0 Å². The second-order valence-electron chi connectivity index (χ2n) is 6.11. The molecule has 0 atom stereocenters. The van der Waals surface area contributed by atoms with E-state index in [9.17, 15) is 9.59 Å². The van der Waals surface area contributed by atoms with Crippen LogP contribution in [0.3, 0.4) is 0 Å². The molecule has 0 bridgehead atoms. The number of carbonyl (C=O) groups excluding carboxylic acids is 2. The van der Waals surface area contributed by atoms with Gasteiger partial charge >= 0.3 is 11.8 Å². The minimum atomic E-state index is -0.929. The Labute approximate surface area is 186 Å². The molecule has 0 aliphatic heterocycles. The van der Waals surface area contributed by atoms with Crippen molar-refractivity contribution in [3.8, 4) is 0 Å². The van der Waals surface area contributed by atoms with Crippen LogP contribution in [0.1, 0.15) is 22.6 Å². The Morgan fingerprint density at radius 1 is 1.17 bits per heavy atom. The summed E-state index contributed by atoms with van der Waals surface area (Å²) in [6.45, 7) is 2.08. The number of carbonyl (C=O) groups is 2. The van der Waals surface area contributed by atoms with Crippen molar-refractivity contribution in [3.05, 3.63) is 74.4 Å². The lowest BCUT2D eigenvalue weighted by Gasteiger charge is -2.08. The smallest absolute Gasteiger partial charge is 0.329 e. The van der Waals surface area contributed by atoms with Gasteiger partial charge in [0.1, 0.15) is 10.9 Å². The minimum Gasteiger partial charge on any atom is -0.467 e. The monoisotopic (exact) mass is 467 g/mol. The van der Waals surface area contributed by atoms with Gasteiger partial charge in [0.2, 0.25) is 0 Å². The number of halogens is 3. The van der Waals surface area contributed by atoms with Crippen LogP contribution >= 0.6 is 34.8 Å². The Bertz CT molecular complexity index is 1070. The van der Waals surface area contributed by atoms with E-state index in [1.54, 1.807) is 37.3 Å². The average Bonchev–Trinajstić information content (AvgIpc) is 3.32. The van der Waals surface area contributed by atoms with Gasteiger partial charge < -0.3 is 9.73 Å².